The van der Waals surface area contributed by atoms with Gasteiger partial charge in [-0.05, 0) is 38.4 Å². The summed E-state index contributed by atoms with van der Waals surface area (Å²) in [6.07, 6.45) is 2.85. The van der Waals surface area contributed by atoms with Crippen LogP contribution in [0.15, 0.2) is 24.3 Å². The molecule has 0 aromatic heterocycles. The number of anilines is 1. The zero-order valence-electron chi connectivity index (χ0n) is 13.0. The van der Waals surface area contributed by atoms with Crippen LogP contribution in [0, 0.1) is 6.92 Å². The molecule has 1 aromatic rings. The smallest absolute Gasteiger partial charge is 0.238 e. The molecule has 0 spiro atoms. The lowest BCUT2D eigenvalue weighted by Crippen LogP contribution is -2.49. The number of piperidine rings is 1. The van der Waals surface area contributed by atoms with Gasteiger partial charge in [0.2, 0.25) is 15.9 Å². The predicted molar refractivity (Wildman–Crippen MR) is 87.3 cm³/mol. The van der Waals surface area contributed by atoms with Crippen molar-refractivity contribution in [2.75, 3.05) is 31.2 Å². The molecule has 0 radical (unpaired) electrons. The van der Waals surface area contributed by atoms with Crippen LogP contribution < -0.4 is 10.0 Å². The van der Waals surface area contributed by atoms with Gasteiger partial charge in [0.05, 0.1) is 12.8 Å². The Kier molecular flexibility index (Phi) is 5.55. The summed E-state index contributed by atoms with van der Waals surface area (Å²) >= 11 is 0. The van der Waals surface area contributed by atoms with E-state index in [0.717, 1.165) is 36.9 Å². The van der Waals surface area contributed by atoms with Crippen molar-refractivity contribution in [2.24, 2.45) is 0 Å². The first kappa shape index (κ1) is 16.9. The molecule has 1 aromatic carbocycles. The number of carbonyl (C=O) groups excluding carboxylic acids is 1. The van der Waals surface area contributed by atoms with Gasteiger partial charge in [-0.1, -0.05) is 17.7 Å². The van der Waals surface area contributed by atoms with Gasteiger partial charge in [0.25, 0.3) is 0 Å². The Labute approximate surface area is 131 Å². The molecule has 0 bridgehead atoms. The number of nitrogens with one attached hydrogen (secondary N) is 2. The molecule has 1 atom stereocenters. The third-order valence-electron chi connectivity index (χ3n) is 3.59. The minimum atomic E-state index is -3.21. The molecule has 1 amide bonds. The molecule has 7 heteroatoms. The minimum Gasteiger partial charge on any atom is -0.325 e. The highest BCUT2D eigenvalue weighted by atomic mass is 32.2. The molecular formula is C15H23N3O3S. The van der Waals surface area contributed by atoms with E-state index in [1.54, 1.807) is 0 Å². The van der Waals surface area contributed by atoms with Gasteiger partial charge in [-0.2, -0.15) is 0 Å². The van der Waals surface area contributed by atoms with Crippen molar-refractivity contribution in [3.05, 3.63) is 29.8 Å². The van der Waals surface area contributed by atoms with Crippen molar-refractivity contribution < 1.29 is 13.2 Å². The SMILES string of the molecule is Cc1ccc(NC(=O)CN2CCCC(NS(C)(=O)=O)C2)cc1. The van der Waals surface area contributed by atoms with Gasteiger partial charge in [-0.25, -0.2) is 13.1 Å². The van der Waals surface area contributed by atoms with E-state index in [9.17, 15) is 13.2 Å². The van der Waals surface area contributed by atoms with Crippen LogP contribution >= 0.6 is 0 Å². The fourth-order valence-electron chi connectivity index (χ4n) is 2.64. The standard InChI is InChI=1S/C15H23N3O3S/c1-12-5-7-13(8-6-12)16-15(19)11-18-9-3-4-14(10-18)17-22(2,20)21/h5-8,14,17H,3-4,9-11H2,1-2H3,(H,16,19). The van der Waals surface area contributed by atoms with Crippen LogP contribution in [0.3, 0.4) is 0 Å². The maximum absolute atomic E-state index is 12.1. The number of rotatable bonds is 5. The van der Waals surface area contributed by atoms with Crippen molar-refractivity contribution in [3.63, 3.8) is 0 Å². The second-order valence-electron chi connectivity index (χ2n) is 5.88. The number of hydrogen-bond donors (Lipinski definition) is 2. The Morgan fingerprint density at radius 2 is 2.00 bits per heavy atom. The fraction of sp³-hybridized carbons (Fsp3) is 0.533. The Bertz CT molecular complexity index is 613. The zero-order chi connectivity index (χ0) is 16.2. The molecule has 1 aliphatic heterocycles. The van der Waals surface area contributed by atoms with Gasteiger partial charge in [-0.3, -0.25) is 9.69 Å². The van der Waals surface area contributed by atoms with Crippen molar-refractivity contribution in [2.45, 2.75) is 25.8 Å². The molecule has 1 heterocycles. The van der Waals surface area contributed by atoms with Crippen molar-refractivity contribution >= 4 is 21.6 Å². The topological polar surface area (TPSA) is 78.5 Å². The van der Waals surface area contributed by atoms with E-state index in [4.69, 9.17) is 0 Å². The molecule has 0 aliphatic carbocycles. The highest BCUT2D eigenvalue weighted by Crippen LogP contribution is 2.12. The van der Waals surface area contributed by atoms with E-state index in [1.165, 1.54) is 0 Å². The highest BCUT2D eigenvalue weighted by Gasteiger charge is 2.23. The lowest BCUT2D eigenvalue weighted by molar-refractivity contribution is -0.117. The van der Waals surface area contributed by atoms with E-state index < -0.39 is 10.0 Å². The number of aryl methyl sites for hydroxylation is 1. The molecule has 22 heavy (non-hydrogen) atoms. The van der Waals surface area contributed by atoms with Crippen LogP contribution in [0.2, 0.25) is 0 Å². The van der Waals surface area contributed by atoms with Crippen LogP contribution in [0.5, 0.6) is 0 Å². The van der Waals surface area contributed by atoms with Crippen LogP contribution in [0.1, 0.15) is 18.4 Å². The molecule has 1 fully saturated rings. The molecule has 1 aliphatic rings. The Balaban J connectivity index is 1.84. The maximum atomic E-state index is 12.1. The van der Waals surface area contributed by atoms with Gasteiger partial charge < -0.3 is 5.32 Å². The summed E-state index contributed by atoms with van der Waals surface area (Å²) in [7, 11) is -3.21. The van der Waals surface area contributed by atoms with E-state index >= 15 is 0 Å². The second-order valence-corrected chi connectivity index (χ2v) is 7.66. The number of hydrogen-bond acceptors (Lipinski definition) is 4. The first-order valence-corrected chi connectivity index (χ1v) is 9.27. The van der Waals surface area contributed by atoms with E-state index in [-0.39, 0.29) is 18.5 Å². The number of nitrogens with zero attached hydrogens (tertiary/aromatic N) is 1. The fourth-order valence-corrected chi connectivity index (χ4v) is 3.44. The van der Waals surface area contributed by atoms with Gasteiger partial charge in [0.15, 0.2) is 0 Å². The number of amides is 1. The number of likely N-dealkylation sites (tertiary alicyclic amines) is 1. The van der Waals surface area contributed by atoms with Crippen molar-refractivity contribution in [1.29, 1.82) is 0 Å². The second kappa shape index (κ2) is 7.21. The van der Waals surface area contributed by atoms with Crippen LogP contribution in [0.25, 0.3) is 0 Å². The van der Waals surface area contributed by atoms with Crippen molar-refractivity contribution in [1.82, 2.24) is 9.62 Å². The predicted octanol–water partition coefficient (Wildman–Crippen LogP) is 0.947. The van der Waals surface area contributed by atoms with Crippen molar-refractivity contribution in [3.8, 4) is 0 Å². The molecular weight excluding hydrogens is 302 g/mol. The summed E-state index contributed by atoms with van der Waals surface area (Å²) in [6, 6.07) is 7.52. The van der Waals surface area contributed by atoms with Crippen LogP contribution in [-0.4, -0.2) is 51.2 Å². The summed E-state index contributed by atoms with van der Waals surface area (Å²) < 4.78 is 25.2. The van der Waals surface area contributed by atoms with Gasteiger partial charge >= 0.3 is 0 Å². The molecule has 1 unspecified atom stereocenters. The largest absolute Gasteiger partial charge is 0.325 e. The lowest BCUT2D eigenvalue weighted by atomic mass is 10.1. The maximum Gasteiger partial charge on any atom is 0.238 e. The highest BCUT2D eigenvalue weighted by molar-refractivity contribution is 7.88. The first-order valence-electron chi connectivity index (χ1n) is 7.38. The lowest BCUT2D eigenvalue weighted by Gasteiger charge is -2.32. The Morgan fingerprint density at radius 1 is 1.32 bits per heavy atom. The summed E-state index contributed by atoms with van der Waals surface area (Å²) in [5.74, 6) is -0.0798. The third kappa shape index (κ3) is 5.75. The summed E-state index contributed by atoms with van der Waals surface area (Å²) in [5, 5.41) is 2.86. The molecule has 2 rings (SSSR count). The van der Waals surface area contributed by atoms with E-state index in [2.05, 4.69) is 10.0 Å². The Hall–Kier alpha value is -1.44. The normalized spacial score (nSPS) is 19.8. The minimum absolute atomic E-state index is 0.0798. The summed E-state index contributed by atoms with van der Waals surface area (Å²) in [6.45, 7) is 3.64. The van der Waals surface area contributed by atoms with E-state index in [1.807, 2.05) is 36.1 Å². The quantitative estimate of drug-likeness (QED) is 0.845. The molecule has 1 saturated heterocycles. The number of sulfonamides is 1. The van der Waals surface area contributed by atoms with Crippen LogP contribution in [0.4, 0.5) is 5.69 Å². The van der Waals surface area contributed by atoms with Gasteiger partial charge in [-0.15, -0.1) is 0 Å². The van der Waals surface area contributed by atoms with Gasteiger partial charge in [0.1, 0.15) is 0 Å². The number of benzene rings is 1. The molecule has 2 N–H and O–H groups in total. The zero-order valence-corrected chi connectivity index (χ0v) is 13.8. The molecule has 6 nitrogen and oxygen atoms in total. The van der Waals surface area contributed by atoms with Gasteiger partial charge in [0, 0.05) is 18.3 Å². The first-order chi connectivity index (χ1) is 10.3. The number of carbonyl (C=O) groups is 1. The molecule has 122 valence electrons. The van der Waals surface area contributed by atoms with E-state index in [0.29, 0.717) is 6.54 Å². The molecule has 0 saturated carbocycles. The van der Waals surface area contributed by atoms with Crippen LogP contribution in [-0.2, 0) is 14.8 Å². The monoisotopic (exact) mass is 325 g/mol. The average Bonchev–Trinajstić information content (AvgIpc) is 2.40. The third-order valence-corrected chi connectivity index (χ3v) is 4.35. The summed E-state index contributed by atoms with van der Waals surface area (Å²) in [5.41, 5.74) is 1.92. The Morgan fingerprint density at radius 3 is 2.64 bits per heavy atom. The summed E-state index contributed by atoms with van der Waals surface area (Å²) in [4.78, 5) is 14.0. The average molecular weight is 325 g/mol.